The van der Waals surface area contributed by atoms with Crippen LogP contribution in [0, 0.1) is 0 Å². The van der Waals surface area contributed by atoms with E-state index in [0.29, 0.717) is 0 Å². The Morgan fingerprint density at radius 1 is 0.541 bits per heavy atom. The minimum atomic E-state index is 0.926. The van der Waals surface area contributed by atoms with Crippen LogP contribution in [0.1, 0.15) is 44.9 Å². The third-order valence-corrected chi connectivity index (χ3v) is 6.71. The third kappa shape index (κ3) is 7.18. The van der Waals surface area contributed by atoms with Crippen molar-refractivity contribution in [2.75, 3.05) is 61.7 Å². The van der Waals surface area contributed by atoms with Gasteiger partial charge in [-0.3, -0.25) is 0 Å². The maximum absolute atomic E-state index is 4.48. The molecule has 8 heteroatoms. The number of anilines is 4. The fourth-order valence-electron chi connectivity index (χ4n) is 4.47. The van der Waals surface area contributed by atoms with Crippen molar-refractivity contribution in [2.45, 2.75) is 44.9 Å². The van der Waals surface area contributed by atoms with Crippen molar-refractivity contribution < 1.29 is 0 Å². The smallest absolute Gasteiger partial charge is 0.137 e. The van der Waals surface area contributed by atoms with Crippen LogP contribution in [0.15, 0.2) is 49.1 Å². The zero-order valence-electron chi connectivity index (χ0n) is 22.7. The Labute approximate surface area is 220 Å². The summed E-state index contributed by atoms with van der Waals surface area (Å²) in [5.41, 5.74) is 4.27. The first-order chi connectivity index (χ1) is 18.0. The number of fused-ring (bicyclic) bond motifs is 2. The molecule has 37 heavy (non-hydrogen) atoms. The topological polar surface area (TPSA) is 82.1 Å². The van der Waals surface area contributed by atoms with Gasteiger partial charge in [0.1, 0.15) is 24.3 Å². The predicted octanol–water partition coefficient (Wildman–Crippen LogP) is 5.96. The summed E-state index contributed by atoms with van der Waals surface area (Å²) >= 11 is 0. The predicted molar refractivity (Wildman–Crippen MR) is 157 cm³/mol. The first kappa shape index (κ1) is 26.4. The van der Waals surface area contributed by atoms with Crippen molar-refractivity contribution in [3.63, 3.8) is 0 Å². The fourth-order valence-corrected chi connectivity index (χ4v) is 4.47. The molecule has 4 rings (SSSR count). The number of rotatable bonds is 14. The van der Waals surface area contributed by atoms with Crippen LogP contribution in [0.2, 0.25) is 0 Å². The molecule has 2 aromatic heterocycles. The van der Waals surface area contributed by atoms with E-state index >= 15 is 0 Å². The van der Waals surface area contributed by atoms with Gasteiger partial charge in [-0.25, -0.2) is 19.9 Å². The molecule has 0 bridgehead atoms. The number of hydrogen-bond acceptors (Lipinski definition) is 8. The van der Waals surface area contributed by atoms with Crippen LogP contribution in [0.5, 0.6) is 0 Å². The molecule has 0 radical (unpaired) electrons. The molecule has 0 fully saturated rings. The van der Waals surface area contributed by atoms with Gasteiger partial charge in [0.2, 0.25) is 0 Å². The van der Waals surface area contributed by atoms with Gasteiger partial charge in [0.25, 0.3) is 0 Å². The average molecular weight is 501 g/mol. The van der Waals surface area contributed by atoms with Crippen molar-refractivity contribution in [1.29, 1.82) is 0 Å². The Bertz CT molecular complexity index is 1190. The summed E-state index contributed by atoms with van der Waals surface area (Å²) in [6.07, 6.45) is 11.9. The van der Waals surface area contributed by atoms with Crippen LogP contribution in [0.25, 0.3) is 21.8 Å². The second kappa shape index (κ2) is 13.0. The summed E-state index contributed by atoms with van der Waals surface area (Å²) in [4.78, 5) is 22.0. The van der Waals surface area contributed by atoms with Crippen LogP contribution < -0.4 is 20.4 Å². The SMILES string of the molecule is CN(C)c1ccc2ncnc(NCCCCCCCCCNc3ncnc4ccc(N(C)C)cc34)c2c1. The van der Waals surface area contributed by atoms with E-state index in [1.54, 1.807) is 12.7 Å². The van der Waals surface area contributed by atoms with Crippen molar-refractivity contribution in [1.82, 2.24) is 19.9 Å². The molecular weight excluding hydrogens is 460 g/mol. The monoisotopic (exact) mass is 500 g/mol. The van der Waals surface area contributed by atoms with Gasteiger partial charge in [0.05, 0.1) is 11.0 Å². The van der Waals surface area contributed by atoms with Crippen LogP contribution in [-0.2, 0) is 0 Å². The van der Waals surface area contributed by atoms with Gasteiger partial charge >= 0.3 is 0 Å². The maximum Gasteiger partial charge on any atom is 0.137 e. The Hall–Kier alpha value is -3.68. The summed E-state index contributed by atoms with van der Waals surface area (Å²) in [5, 5.41) is 9.20. The molecule has 0 amide bonds. The van der Waals surface area contributed by atoms with Gasteiger partial charge in [0.15, 0.2) is 0 Å². The van der Waals surface area contributed by atoms with E-state index < -0.39 is 0 Å². The minimum absolute atomic E-state index is 0.926. The maximum atomic E-state index is 4.48. The van der Waals surface area contributed by atoms with Crippen LogP contribution in [0.4, 0.5) is 23.0 Å². The molecule has 0 atom stereocenters. The van der Waals surface area contributed by atoms with Crippen LogP contribution in [0.3, 0.4) is 0 Å². The number of benzene rings is 2. The van der Waals surface area contributed by atoms with E-state index in [9.17, 15) is 0 Å². The van der Waals surface area contributed by atoms with Crippen molar-refractivity contribution >= 4 is 44.8 Å². The van der Waals surface area contributed by atoms with Crippen LogP contribution in [-0.4, -0.2) is 61.2 Å². The van der Waals surface area contributed by atoms with E-state index in [1.165, 1.54) is 32.1 Å². The summed E-state index contributed by atoms with van der Waals surface area (Å²) in [7, 11) is 8.20. The highest BCUT2D eigenvalue weighted by Crippen LogP contribution is 2.25. The lowest BCUT2D eigenvalue weighted by Crippen LogP contribution is -2.09. The highest BCUT2D eigenvalue weighted by molar-refractivity contribution is 5.92. The van der Waals surface area contributed by atoms with Gasteiger partial charge < -0.3 is 20.4 Å². The molecule has 2 heterocycles. The fraction of sp³-hybridized carbons (Fsp3) is 0.448. The second-order valence-electron chi connectivity index (χ2n) is 9.96. The molecule has 4 aromatic rings. The Morgan fingerprint density at radius 2 is 0.946 bits per heavy atom. The normalized spacial score (nSPS) is 11.1. The molecule has 196 valence electrons. The van der Waals surface area contributed by atoms with Crippen molar-refractivity contribution in [3.8, 4) is 0 Å². The van der Waals surface area contributed by atoms with E-state index in [0.717, 1.165) is 70.7 Å². The Morgan fingerprint density at radius 3 is 1.35 bits per heavy atom. The number of hydrogen-bond donors (Lipinski definition) is 2. The zero-order valence-corrected chi connectivity index (χ0v) is 22.7. The summed E-state index contributed by atoms with van der Waals surface area (Å²) in [6, 6.07) is 12.6. The summed E-state index contributed by atoms with van der Waals surface area (Å²) < 4.78 is 0. The largest absolute Gasteiger partial charge is 0.378 e. The molecule has 2 aromatic carbocycles. The van der Waals surface area contributed by atoms with E-state index in [-0.39, 0.29) is 0 Å². The minimum Gasteiger partial charge on any atom is -0.378 e. The second-order valence-corrected chi connectivity index (χ2v) is 9.96. The first-order valence-electron chi connectivity index (χ1n) is 13.3. The van der Waals surface area contributed by atoms with Gasteiger partial charge in [-0.1, -0.05) is 32.1 Å². The quantitative estimate of drug-likeness (QED) is 0.205. The standard InChI is InChI=1S/C29H40N8/c1-36(2)22-12-14-26-24(18-22)28(34-20-32-26)30-16-10-8-6-5-7-9-11-17-31-29-25-19-23(37(3)4)13-15-27(25)33-21-35-29/h12-15,18-21H,5-11,16-17H2,1-4H3,(H,30,32,34)(H,31,33,35). The van der Waals surface area contributed by atoms with Gasteiger partial charge in [-0.05, 0) is 49.2 Å². The highest BCUT2D eigenvalue weighted by Gasteiger charge is 2.07. The Kier molecular flexibility index (Phi) is 9.29. The molecule has 0 spiro atoms. The molecule has 0 unspecified atom stereocenters. The Balaban J connectivity index is 1.10. The lowest BCUT2D eigenvalue weighted by Gasteiger charge is -2.14. The van der Waals surface area contributed by atoms with E-state index in [4.69, 9.17) is 0 Å². The molecule has 2 N–H and O–H groups in total. The van der Waals surface area contributed by atoms with Gasteiger partial charge in [0, 0.05) is 63.4 Å². The summed E-state index contributed by atoms with van der Waals surface area (Å²) in [5.74, 6) is 1.85. The molecule has 8 nitrogen and oxygen atoms in total. The molecule has 0 saturated carbocycles. The van der Waals surface area contributed by atoms with Crippen LogP contribution >= 0.6 is 0 Å². The van der Waals surface area contributed by atoms with Crippen molar-refractivity contribution in [2.24, 2.45) is 0 Å². The summed E-state index contributed by atoms with van der Waals surface area (Å²) in [6.45, 7) is 1.87. The van der Waals surface area contributed by atoms with Gasteiger partial charge in [-0.2, -0.15) is 0 Å². The molecular formula is C29H40N8. The lowest BCUT2D eigenvalue weighted by molar-refractivity contribution is 0.591. The lowest BCUT2D eigenvalue weighted by atomic mass is 10.1. The zero-order chi connectivity index (χ0) is 26.0. The number of unbranched alkanes of at least 4 members (excludes halogenated alkanes) is 6. The third-order valence-electron chi connectivity index (χ3n) is 6.71. The number of nitrogens with zero attached hydrogens (tertiary/aromatic N) is 6. The molecule has 0 aliphatic rings. The van der Waals surface area contributed by atoms with E-state index in [1.807, 2.05) is 0 Å². The number of aromatic nitrogens is 4. The van der Waals surface area contributed by atoms with Gasteiger partial charge in [-0.15, -0.1) is 0 Å². The van der Waals surface area contributed by atoms with Crippen molar-refractivity contribution in [3.05, 3.63) is 49.1 Å². The highest BCUT2D eigenvalue weighted by atomic mass is 15.1. The molecule has 0 aliphatic carbocycles. The molecule has 0 saturated heterocycles. The number of nitrogens with one attached hydrogen (secondary N) is 2. The van der Waals surface area contributed by atoms with E-state index in [2.05, 4.69) is 105 Å². The molecule has 0 aliphatic heterocycles. The first-order valence-corrected chi connectivity index (χ1v) is 13.3. The average Bonchev–Trinajstić information content (AvgIpc) is 2.91.